The molecule has 2 atom stereocenters. The van der Waals surface area contributed by atoms with Crippen LogP contribution in [0.1, 0.15) is 37.7 Å². The average Bonchev–Trinajstić information content (AvgIpc) is 2.53. The van der Waals surface area contributed by atoms with Gasteiger partial charge >= 0.3 is 0 Å². The summed E-state index contributed by atoms with van der Waals surface area (Å²) in [5.74, 6) is 0.350. The molecule has 0 heterocycles. The summed E-state index contributed by atoms with van der Waals surface area (Å²) in [5.41, 5.74) is 1.22. The molecule has 1 nitrogen and oxygen atoms in total. The molecule has 1 aliphatic rings. The standard InChI is InChI=1S/C15H20O/c16-15-10-6-2-5-9-14(15)12-11-13-7-3-1-4-8-13/h1,3-4,7-8,11-12,14-16H,2,5-6,9-10H2/b12-11+/t14-,15+/m1/s1. The fourth-order valence-electron chi connectivity index (χ4n) is 2.34. The van der Waals surface area contributed by atoms with Gasteiger partial charge in [0.1, 0.15) is 0 Å². The number of hydrogen-bond donors (Lipinski definition) is 1. The van der Waals surface area contributed by atoms with E-state index in [0.29, 0.717) is 5.92 Å². The lowest BCUT2D eigenvalue weighted by Crippen LogP contribution is -2.16. The zero-order chi connectivity index (χ0) is 11.2. The van der Waals surface area contributed by atoms with Gasteiger partial charge in [0.25, 0.3) is 0 Å². The molecule has 1 saturated carbocycles. The second kappa shape index (κ2) is 5.86. The highest BCUT2D eigenvalue weighted by Crippen LogP contribution is 2.25. The van der Waals surface area contributed by atoms with Crippen molar-refractivity contribution in [2.24, 2.45) is 5.92 Å². The summed E-state index contributed by atoms with van der Waals surface area (Å²) >= 11 is 0. The number of rotatable bonds is 2. The van der Waals surface area contributed by atoms with E-state index < -0.39 is 0 Å². The Morgan fingerprint density at radius 1 is 1.00 bits per heavy atom. The van der Waals surface area contributed by atoms with Crippen LogP contribution in [0.5, 0.6) is 0 Å². The van der Waals surface area contributed by atoms with Gasteiger partial charge in [-0.05, 0) is 18.4 Å². The summed E-state index contributed by atoms with van der Waals surface area (Å²) in [5, 5.41) is 9.98. The zero-order valence-corrected chi connectivity index (χ0v) is 9.68. The predicted octanol–water partition coefficient (Wildman–Crippen LogP) is 3.64. The molecule has 0 bridgehead atoms. The van der Waals surface area contributed by atoms with Crippen LogP contribution in [0.3, 0.4) is 0 Å². The summed E-state index contributed by atoms with van der Waals surface area (Å²) in [6, 6.07) is 10.3. The van der Waals surface area contributed by atoms with Crippen molar-refractivity contribution in [3.8, 4) is 0 Å². The van der Waals surface area contributed by atoms with Crippen molar-refractivity contribution in [3.05, 3.63) is 42.0 Å². The van der Waals surface area contributed by atoms with Crippen molar-refractivity contribution >= 4 is 6.08 Å². The van der Waals surface area contributed by atoms with Crippen LogP contribution >= 0.6 is 0 Å². The molecule has 2 rings (SSSR count). The molecule has 1 aromatic rings. The van der Waals surface area contributed by atoms with Crippen LogP contribution in [-0.4, -0.2) is 11.2 Å². The third-order valence-electron chi connectivity index (χ3n) is 3.37. The summed E-state index contributed by atoms with van der Waals surface area (Å²) in [6.45, 7) is 0. The minimum atomic E-state index is -0.137. The van der Waals surface area contributed by atoms with E-state index in [2.05, 4.69) is 24.3 Å². The average molecular weight is 216 g/mol. The number of aliphatic hydroxyl groups excluding tert-OH is 1. The first-order valence-electron chi connectivity index (χ1n) is 6.27. The highest BCUT2D eigenvalue weighted by atomic mass is 16.3. The van der Waals surface area contributed by atoms with Gasteiger partial charge in [-0.1, -0.05) is 61.7 Å². The van der Waals surface area contributed by atoms with Gasteiger partial charge < -0.3 is 5.11 Å². The summed E-state index contributed by atoms with van der Waals surface area (Å²) < 4.78 is 0. The first-order chi connectivity index (χ1) is 7.86. The van der Waals surface area contributed by atoms with Crippen LogP contribution in [0.25, 0.3) is 6.08 Å². The fourth-order valence-corrected chi connectivity index (χ4v) is 2.34. The van der Waals surface area contributed by atoms with Gasteiger partial charge in [0, 0.05) is 5.92 Å². The quantitative estimate of drug-likeness (QED) is 0.748. The molecule has 0 spiro atoms. The molecule has 1 aromatic carbocycles. The van der Waals surface area contributed by atoms with E-state index in [1.807, 2.05) is 18.2 Å². The highest BCUT2D eigenvalue weighted by molar-refractivity contribution is 5.49. The lowest BCUT2D eigenvalue weighted by Gasteiger charge is -2.15. The van der Waals surface area contributed by atoms with Crippen LogP contribution in [0.2, 0.25) is 0 Å². The summed E-state index contributed by atoms with van der Waals surface area (Å²) in [7, 11) is 0. The maximum Gasteiger partial charge on any atom is 0.0602 e. The molecule has 0 radical (unpaired) electrons. The van der Waals surface area contributed by atoms with Crippen molar-refractivity contribution < 1.29 is 5.11 Å². The van der Waals surface area contributed by atoms with Crippen molar-refractivity contribution in [2.45, 2.75) is 38.2 Å². The minimum Gasteiger partial charge on any atom is -0.393 e. The monoisotopic (exact) mass is 216 g/mol. The summed E-state index contributed by atoms with van der Waals surface area (Å²) in [6.07, 6.45) is 9.98. The van der Waals surface area contributed by atoms with Gasteiger partial charge in [0.2, 0.25) is 0 Å². The van der Waals surface area contributed by atoms with E-state index in [1.54, 1.807) is 0 Å². The fraction of sp³-hybridized carbons (Fsp3) is 0.467. The number of hydrogen-bond acceptors (Lipinski definition) is 1. The lowest BCUT2D eigenvalue weighted by atomic mass is 9.96. The molecule has 0 unspecified atom stereocenters. The van der Waals surface area contributed by atoms with E-state index in [0.717, 1.165) is 12.8 Å². The van der Waals surface area contributed by atoms with E-state index in [9.17, 15) is 5.11 Å². The Balaban J connectivity index is 1.99. The molecule has 86 valence electrons. The van der Waals surface area contributed by atoms with Crippen molar-refractivity contribution in [2.75, 3.05) is 0 Å². The van der Waals surface area contributed by atoms with E-state index in [1.165, 1.54) is 24.8 Å². The number of benzene rings is 1. The Morgan fingerprint density at radius 2 is 1.75 bits per heavy atom. The Morgan fingerprint density at radius 3 is 2.56 bits per heavy atom. The van der Waals surface area contributed by atoms with E-state index in [-0.39, 0.29) is 6.10 Å². The first-order valence-corrected chi connectivity index (χ1v) is 6.27. The Labute approximate surface area is 97.8 Å². The van der Waals surface area contributed by atoms with Gasteiger partial charge in [-0.2, -0.15) is 0 Å². The van der Waals surface area contributed by atoms with Crippen LogP contribution in [0.15, 0.2) is 36.4 Å². The molecule has 0 saturated heterocycles. The Hall–Kier alpha value is -1.08. The third kappa shape index (κ3) is 3.21. The topological polar surface area (TPSA) is 20.2 Å². The molecule has 1 N–H and O–H groups in total. The second-order valence-corrected chi connectivity index (χ2v) is 4.64. The van der Waals surface area contributed by atoms with E-state index >= 15 is 0 Å². The molecular weight excluding hydrogens is 196 g/mol. The molecule has 0 aliphatic heterocycles. The first kappa shape index (κ1) is 11.4. The van der Waals surface area contributed by atoms with Gasteiger partial charge in [-0.3, -0.25) is 0 Å². The molecule has 0 aromatic heterocycles. The Bertz CT molecular complexity index is 329. The Kier molecular flexibility index (Phi) is 4.17. The SMILES string of the molecule is O[C@H]1CCCCC[C@@H]1/C=C/c1ccccc1. The molecule has 1 fully saturated rings. The lowest BCUT2D eigenvalue weighted by molar-refractivity contribution is 0.123. The van der Waals surface area contributed by atoms with Crippen LogP contribution in [-0.2, 0) is 0 Å². The van der Waals surface area contributed by atoms with Gasteiger partial charge in [-0.25, -0.2) is 0 Å². The molecular formula is C15H20O. The van der Waals surface area contributed by atoms with Gasteiger partial charge in [0.05, 0.1) is 6.10 Å². The highest BCUT2D eigenvalue weighted by Gasteiger charge is 2.18. The molecule has 1 heteroatoms. The normalized spacial score (nSPS) is 26.8. The molecule has 1 aliphatic carbocycles. The second-order valence-electron chi connectivity index (χ2n) is 4.64. The molecule has 0 amide bonds. The van der Waals surface area contributed by atoms with E-state index in [4.69, 9.17) is 0 Å². The zero-order valence-electron chi connectivity index (χ0n) is 9.68. The maximum absolute atomic E-state index is 9.98. The summed E-state index contributed by atoms with van der Waals surface area (Å²) in [4.78, 5) is 0. The van der Waals surface area contributed by atoms with Crippen molar-refractivity contribution in [1.82, 2.24) is 0 Å². The van der Waals surface area contributed by atoms with Crippen molar-refractivity contribution in [1.29, 1.82) is 0 Å². The third-order valence-corrected chi connectivity index (χ3v) is 3.37. The number of aliphatic hydroxyl groups is 1. The smallest absolute Gasteiger partial charge is 0.0602 e. The predicted molar refractivity (Wildman–Crippen MR) is 68.1 cm³/mol. The minimum absolute atomic E-state index is 0.137. The van der Waals surface area contributed by atoms with Crippen LogP contribution < -0.4 is 0 Å². The van der Waals surface area contributed by atoms with Gasteiger partial charge in [0.15, 0.2) is 0 Å². The maximum atomic E-state index is 9.98. The van der Waals surface area contributed by atoms with Gasteiger partial charge in [-0.15, -0.1) is 0 Å². The molecule has 16 heavy (non-hydrogen) atoms. The van der Waals surface area contributed by atoms with Crippen LogP contribution in [0, 0.1) is 5.92 Å². The van der Waals surface area contributed by atoms with Crippen LogP contribution in [0.4, 0.5) is 0 Å². The largest absolute Gasteiger partial charge is 0.393 e. The van der Waals surface area contributed by atoms with Crippen molar-refractivity contribution in [3.63, 3.8) is 0 Å².